The maximum absolute atomic E-state index is 11.6. The van der Waals surface area contributed by atoms with Gasteiger partial charge in [-0.1, -0.05) is 36.4 Å². The first-order valence-electron chi connectivity index (χ1n) is 11.1. The molecule has 31 heavy (non-hydrogen) atoms. The largest absolute Gasteiger partial charge is 0.357 e. The van der Waals surface area contributed by atoms with Gasteiger partial charge in [-0.3, -0.25) is 9.89 Å². The van der Waals surface area contributed by atoms with Crippen molar-refractivity contribution >= 4 is 15.8 Å². The molecule has 0 unspecified atom stereocenters. The smallest absolute Gasteiger partial charge is 0.191 e. The molecule has 6 nitrogen and oxygen atoms in total. The number of nitrogens with one attached hydrogen (secondary N) is 2. The van der Waals surface area contributed by atoms with Crippen molar-refractivity contribution in [2.45, 2.75) is 37.6 Å². The molecular weight excluding hydrogens is 408 g/mol. The van der Waals surface area contributed by atoms with Gasteiger partial charge in [0.15, 0.2) is 15.8 Å². The Morgan fingerprint density at radius 1 is 1.06 bits per heavy atom. The van der Waals surface area contributed by atoms with Crippen LogP contribution in [0.25, 0.3) is 0 Å². The van der Waals surface area contributed by atoms with Gasteiger partial charge in [0.05, 0.1) is 4.90 Å². The summed E-state index contributed by atoms with van der Waals surface area (Å²) in [6, 6.07) is 15.8. The fourth-order valence-electron chi connectivity index (χ4n) is 3.80. The molecule has 0 amide bonds. The van der Waals surface area contributed by atoms with Gasteiger partial charge in [-0.2, -0.15) is 0 Å². The molecule has 3 rings (SSSR count). The Bertz CT molecular complexity index is 971. The predicted octanol–water partition coefficient (Wildman–Crippen LogP) is 2.64. The molecule has 1 aliphatic rings. The summed E-state index contributed by atoms with van der Waals surface area (Å²) in [5.41, 5.74) is 4.04. The quantitative estimate of drug-likeness (QED) is 0.355. The zero-order chi connectivity index (χ0) is 22.1. The Hall–Kier alpha value is -2.38. The molecule has 0 spiro atoms. The van der Waals surface area contributed by atoms with E-state index in [-0.39, 0.29) is 0 Å². The van der Waals surface area contributed by atoms with Crippen molar-refractivity contribution in [2.75, 3.05) is 39.0 Å². The minimum atomic E-state index is -3.14. The van der Waals surface area contributed by atoms with E-state index in [0.29, 0.717) is 4.90 Å². The van der Waals surface area contributed by atoms with E-state index in [1.807, 2.05) is 12.1 Å². The van der Waals surface area contributed by atoms with Crippen LogP contribution < -0.4 is 10.6 Å². The minimum absolute atomic E-state index is 0.358. The van der Waals surface area contributed by atoms with Crippen LogP contribution in [0.2, 0.25) is 0 Å². The molecule has 0 fully saturated rings. The third-order valence-electron chi connectivity index (χ3n) is 5.51. The highest BCUT2D eigenvalue weighted by atomic mass is 32.2. The van der Waals surface area contributed by atoms with Crippen LogP contribution in [0, 0.1) is 0 Å². The van der Waals surface area contributed by atoms with Crippen molar-refractivity contribution in [2.24, 2.45) is 4.99 Å². The molecule has 0 aromatic heterocycles. The fourth-order valence-corrected chi connectivity index (χ4v) is 4.43. The van der Waals surface area contributed by atoms with Crippen molar-refractivity contribution in [3.05, 3.63) is 65.2 Å². The van der Waals surface area contributed by atoms with Crippen LogP contribution in [0.3, 0.4) is 0 Å². The molecule has 0 atom stereocenters. The predicted molar refractivity (Wildman–Crippen MR) is 127 cm³/mol. The van der Waals surface area contributed by atoms with Crippen LogP contribution in [0.5, 0.6) is 0 Å². The summed E-state index contributed by atoms with van der Waals surface area (Å²) < 4.78 is 23.1. The summed E-state index contributed by atoms with van der Waals surface area (Å²) in [6.45, 7) is 7.63. The second-order valence-corrected chi connectivity index (χ2v) is 10.0. The maximum atomic E-state index is 11.6. The van der Waals surface area contributed by atoms with E-state index in [9.17, 15) is 8.42 Å². The SMILES string of the molecule is CCNC(=NCCCN1CCc2ccccc2C1)NCCc1ccc(S(C)(=O)=O)cc1. The van der Waals surface area contributed by atoms with Crippen LogP contribution >= 0.6 is 0 Å². The number of benzene rings is 2. The first-order chi connectivity index (χ1) is 15.0. The van der Waals surface area contributed by atoms with Gasteiger partial charge in [0.2, 0.25) is 0 Å². The maximum Gasteiger partial charge on any atom is 0.191 e. The van der Waals surface area contributed by atoms with Crippen molar-refractivity contribution in [3.8, 4) is 0 Å². The van der Waals surface area contributed by atoms with Gasteiger partial charge in [0, 0.05) is 45.5 Å². The molecule has 0 radical (unpaired) electrons. The van der Waals surface area contributed by atoms with E-state index in [2.05, 4.69) is 46.7 Å². The van der Waals surface area contributed by atoms with Crippen LogP contribution in [-0.2, 0) is 29.2 Å². The first kappa shape index (κ1) is 23.3. The second-order valence-electron chi connectivity index (χ2n) is 8.00. The molecule has 0 saturated heterocycles. The van der Waals surface area contributed by atoms with Gasteiger partial charge in [0.25, 0.3) is 0 Å². The standard InChI is InChI=1S/C24H34N4O2S/c1-3-25-24(27-16-13-20-9-11-23(12-10-20)31(2,29)30)26-15-6-17-28-18-14-21-7-4-5-8-22(21)19-28/h4-5,7-12H,3,6,13-19H2,1-2H3,(H2,25,26,27). The monoisotopic (exact) mass is 442 g/mol. The Morgan fingerprint density at radius 2 is 1.81 bits per heavy atom. The molecule has 2 aromatic rings. The van der Waals surface area contributed by atoms with Crippen molar-refractivity contribution in [1.29, 1.82) is 0 Å². The second kappa shape index (κ2) is 11.3. The Morgan fingerprint density at radius 3 is 2.52 bits per heavy atom. The Balaban J connectivity index is 1.41. The molecular formula is C24H34N4O2S. The molecule has 0 bridgehead atoms. The van der Waals surface area contributed by atoms with E-state index in [1.165, 1.54) is 17.4 Å². The summed E-state index contributed by atoms with van der Waals surface area (Å²) in [5.74, 6) is 0.833. The van der Waals surface area contributed by atoms with E-state index in [1.54, 1.807) is 12.1 Å². The third kappa shape index (κ3) is 7.36. The molecule has 2 aromatic carbocycles. The Labute approximate surface area is 186 Å². The number of guanidine groups is 1. The van der Waals surface area contributed by atoms with Crippen molar-refractivity contribution in [1.82, 2.24) is 15.5 Å². The van der Waals surface area contributed by atoms with E-state index >= 15 is 0 Å². The molecule has 2 N–H and O–H groups in total. The van der Waals surface area contributed by atoms with Crippen LogP contribution in [0.1, 0.15) is 30.0 Å². The zero-order valence-electron chi connectivity index (χ0n) is 18.6. The third-order valence-corrected chi connectivity index (χ3v) is 6.64. The molecule has 0 saturated carbocycles. The van der Waals surface area contributed by atoms with Gasteiger partial charge < -0.3 is 10.6 Å². The molecule has 1 heterocycles. The summed E-state index contributed by atoms with van der Waals surface area (Å²) in [5, 5.41) is 6.67. The minimum Gasteiger partial charge on any atom is -0.357 e. The summed E-state index contributed by atoms with van der Waals surface area (Å²) in [4.78, 5) is 7.58. The lowest BCUT2D eigenvalue weighted by molar-refractivity contribution is 0.252. The molecule has 0 aliphatic carbocycles. The number of nitrogens with zero attached hydrogens (tertiary/aromatic N) is 2. The number of hydrogen-bond acceptors (Lipinski definition) is 4. The van der Waals surface area contributed by atoms with Gasteiger partial charge in [0.1, 0.15) is 0 Å². The highest BCUT2D eigenvalue weighted by Crippen LogP contribution is 2.18. The highest BCUT2D eigenvalue weighted by molar-refractivity contribution is 7.90. The average Bonchev–Trinajstić information content (AvgIpc) is 2.76. The summed E-state index contributed by atoms with van der Waals surface area (Å²) in [6.07, 6.45) is 4.20. The number of sulfone groups is 1. The fraction of sp³-hybridized carbons (Fsp3) is 0.458. The van der Waals surface area contributed by atoms with E-state index < -0.39 is 9.84 Å². The van der Waals surface area contributed by atoms with E-state index in [4.69, 9.17) is 4.99 Å². The Kier molecular flexibility index (Phi) is 8.49. The van der Waals surface area contributed by atoms with Crippen molar-refractivity contribution < 1.29 is 8.42 Å². The lowest BCUT2D eigenvalue weighted by Crippen LogP contribution is -2.38. The number of hydrogen-bond donors (Lipinski definition) is 2. The molecule has 7 heteroatoms. The lowest BCUT2D eigenvalue weighted by Gasteiger charge is -2.28. The zero-order valence-corrected chi connectivity index (χ0v) is 19.4. The number of aliphatic imine (C=N–C) groups is 1. The molecule has 1 aliphatic heterocycles. The van der Waals surface area contributed by atoms with Crippen LogP contribution in [0.15, 0.2) is 58.4 Å². The number of rotatable bonds is 9. The van der Waals surface area contributed by atoms with Crippen LogP contribution in [-0.4, -0.2) is 58.3 Å². The van der Waals surface area contributed by atoms with Gasteiger partial charge in [-0.25, -0.2) is 8.42 Å². The summed E-state index contributed by atoms with van der Waals surface area (Å²) in [7, 11) is -3.14. The lowest BCUT2D eigenvalue weighted by atomic mass is 10.00. The topological polar surface area (TPSA) is 73.8 Å². The highest BCUT2D eigenvalue weighted by Gasteiger charge is 2.14. The van der Waals surface area contributed by atoms with Gasteiger partial charge >= 0.3 is 0 Å². The number of fused-ring (bicyclic) bond motifs is 1. The normalized spacial score (nSPS) is 14.8. The van der Waals surface area contributed by atoms with Gasteiger partial charge in [-0.15, -0.1) is 0 Å². The van der Waals surface area contributed by atoms with Crippen molar-refractivity contribution in [3.63, 3.8) is 0 Å². The van der Waals surface area contributed by atoms with Gasteiger partial charge in [-0.05, 0) is 55.0 Å². The van der Waals surface area contributed by atoms with E-state index in [0.717, 1.165) is 70.1 Å². The molecule has 168 valence electrons. The summed E-state index contributed by atoms with van der Waals surface area (Å²) >= 11 is 0. The first-order valence-corrected chi connectivity index (χ1v) is 12.9. The van der Waals surface area contributed by atoms with Crippen LogP contribution in [0.4, 0.5) is 0 Å². The average molecular weight is 443 g/mol.